The monoisotopic (exact) mass is 270 g/mol. The standard InChI is InChI=1S/C14H26N2O3/c1-3-13-10-12(4-7-19-13)15-11(2)14(17)16-5-8-18-9-6-16/h11-13,15H,3-10H2,1-2H3. The third-order valence-electron chi connectivity index (χ3n) is 4.00. The highest BCUT2D eigenvalue weighted by molar-refractivity contribution is 5.81. The fourth-order valence-corrected chi connectivity index (χ4v) is 2.80. The van der Waals surface area contributed by atoms with Gasteiger partial charge in [0.25, 0.3) is 0 Å². The van der Waals surface area contributed by atoms with E-state index >= 15 is 0 Å². The van der Waals surface area contributed by atoms with Gasteiger partial charge >= 0.3 is 0 Å². The predicted octanol–water partition coefficient (Wildman–Crippen LogP) is 0.781. The summed E-state index contributed by atoms with van der Waals surface area (Å²) in [7, 11) is 0. The molecule has 2 aliphatic rings. The zero-order valence-electron chi connectivity index (χ0n) is 12.1. The molecule has 0 spiro atoms. The van der Waals surface area contributed by atoms with E-state index in [1.165, 1.54) is 0 Å². The molecule has 5 nitrogen and oxygen atoms in total. The van der Waals surface area contributed by atoms with E-state index in [2.05, 4.69) is 12.2 Å². The van der Waals surface area contributed by atoms with E-state index in [4.69, 9.17) is 9.47 Å². The molecule has 3 atom stereocenters. The number of rotatable bonds is 4. The zero-order chi connectivity index (χ0) is 13.7. The van der Waals surface area contributed by atoms with Gasteiger partial charge in [0.2, 0.25) is 5.91 Å². The van der Waals surface area contributed by atoms with Crippen LogP contribution in [-0.4, -0.2) is 61.9 Å². The molecule has 2 heterocycles. The van der Waals surface area contributed by atoms with Crippen LogP contribution in [0.2, 0.25) is 0 Å². The zero-order valence-corrected chi connectivity index (χ0v) is 12.1. The Balaban J connectivity index is 1.79. The summed E-state index contributed by atoms with van der Waals surface area (Å²) < 4.78 is 10.9. The number of hydrogen-bond acceptors (Lipinski definition) is 4. The molecule has 1 amide bonds. The molecule has 110 valence electrons. The largest absolute Gasteiger partial charge is 0.378 e. The number of carbonyl (C=O) groups excluding carboxylic acids is 1. The highest BCUT2D eigenvalue weighted by atomic mass is 16.5. The van der Waals surface area contributed by atoms with Crippen LogP contribution < -0.4 is 5.32 Å². The van der Waals surface area contributed by atoms with Gasteiger partial charge in [-0.3, -0.25) is 4.79 Å². The highest BCUT2D eigenvalue weighted by Gasteiger charge is 2.27. The molecule has 0 bridgehead atoms. The fraction of sp³-hybridized carbons (Fsp3) is 0.929. The molecule has 0 aliphatic carbocycles. The summed E-state index contributed by atoms with van der Waals surface area (Å²) >= 11 is 0. The molecule has 2 fully saturated rings. The van der Waals surface area contributed by atoms with Crippen LogP contribution in [0.25, 0.3) is 0 Å². The van der Waals surface area contributed by atoms with Crippen LogP contribution in [0.5, 0.6) is 0 Å². The minimum absolute atomic E-state index is 0.112. The molecule has 1 N–H and O–H groups in total. The maximum atomic E-state index is 12.3. The number of carbonyl (C=O) groups is 1. The minimum Gasteiger partial charge on any atom is -0.378 e. The molecule has 3 unspecified atom stereocenters. The molecular weight excluding hydrogens is 244 g/mol. The van der Waals surface area contributed by atoms with Gasteiger partial charge in [-0.25, -0.2) is 0 Å². The van der Waals surface area contributed by atoms with Crippen LogP contribution in [0.15, 0.2) is 0 Å². The second-order valence-electron chi connectivity index (χ2n) is 5.45. The van der Waals surface area contributed by atoms with Gasteiger partial charge in [0.1, 0.15) is 0 Å². The van der Waals surface area contributed by atoms with Crippen molar-refractivity contribution in [2.75, 3.05) is 32.9 Å². The van der Waals surface area contributed by atoms with Gasteiger partial charge in [-0.05, 0) is 26.2 Å². The summed E-state index contributed by atoms with van der Waals surface area (Å²) in [6, 6.07) is 0.289. The van der Waals surface area contributed by atoms with Gasteiger partial charge in [0.05, 0.1) is 25.4 Å². The average Bonchev–Trinajstić information content (AvgIpc) is 2.47. The number of morpholine rings is 1. The Morgan fingerprint density at radius 3 is 2.79 bits per heavy atom. The lowest BCUT2D eigenvalue weighted by atomic mass is 10.0. The smallest absolute Gasteiger partial charge is 0.239 e. The van der Waals surface area contributed by atoms with Gasteiger partial charge in [0, 0.05) is 25.7 Å². The van der Waals surface area contributed by atoms with E-state index in [0.717, 1.165) is 39.0 Å². The van der Waals surface area contributed by atoms with Gasteiger partial charge in [-0.2, -0.15) is 0 Å². The van der Waals surface area contributed by atoms with Crippen LogP contribution in [0.4, 0.5) is 0 Å². The Morgan fingerprint density at radius 2 is 2.11 bits per heavy atom. The fourth-order valence-electron chi connectivity index (χ4n) is 2.80. The molecule has 0 saturated carbocycles. The van der Waals surface area contributed by atoms with Crippen LogP contribution >= 0.6 is 0 Å². The SMILES string of the molecule is CCC1CC(NC(C)C(=O)N2CCOCC2)CCO1. The molecule has 0 aromatic heterocycles. The van der Waals surface area contributed by atoms with Crippen LogP contribution in [0.1, 0.15) is 33.1 Å². The van der Waals surface area contributed by atoms with E-state index in [-0.39, 0.29) is 11.9 Å². The van der Waals surface area contributed by atoms with Crippen molar-refractivity contribution in [2.45, 2.75) is 51.3 Å². The lowest BCUT2D eigenvalue weighted by Gasteiger charge is -2.34. The van der Waals surface area contributed by atoms with Crippen LogP contribution in [0, 0.1) is 0 Å². The molecule has 2 saturated heterocycles. The van der Waals surface area contributed by atoms with Crippen molar-refractivity contribution in [3.05, 3.63) is 0 Å². The molecule has 19 heavy (non-hydrogen) atoms. The Kier molecular flexibility index (Phi) is 5.60. The first-order chi connectivity index (χ1) is 9.20. The van der Waals surface area contributed by atoms with Crippen molar-refractivity contribution in [2.24, 2.45) is 0 Å². The maximum Gasteiger partial charge on any atom is 0.239 e. The van der Waals surface area contributed by atoms with E-state index < -0.39 is 0 Å². The average molecular weight is 270 g/mol. The summed E-state index contributed by atoms with van der Waals surface area (Å²) in [5, 5.41) is 3.47. The summed E-state index contributed by atoms with van der Waals surface area (Å²) in [4.78, 5) is 14.2. The maximum absolute atomic E-state index is 12.3. The second kappa shape index (κ2) is 7.22. The Morgan fingerprint density at radius 1 is 1.37 bits per heavy atom. The van der Waals surface area contributed by atoms with Gasteiger partial charge < -0.3 is 19.7 Å². The summed E-state index contributed by atoms with van der Waals surface area (Å²) in [5.74, 6) is 0.197. The van der Waals surface area contributed by atoms with E-state index in [1.807, 2.05) is 11.8 Å². The molecule has 5 heteroatoms. The minimum atomic E-state index is -0.112. The first-order valence-electron chi connectivity index (χ1n) is 7.45. The Labute approximate surface area is 115 Å². The molecule has 2 aliphatic heterocycles. The molecular formula is C14H26N2O3. The normalized spacial score (nSPS) is 30.1. The lowest BCUT2D eigenvalue weighted by Crippen LogP contribution is -2.52. The van der Waals surface area contributed by atoms with Crippen molar-refractivity contribution in [1.29, 1.82) is 0 Å². The summed E-state index contributed by atoms with van der Waals surface area (Å²) in [5.41, 5.74) is 0. The van der Waals surface area contributed by atoms with Crippen molar-refractivity contribution in [3.8, 4) is 0 Å². The number of nitrogens with one attached hydrogen (secondary N) is 1. The van der Waals surface area contributed by atoms with Crippen molar-refractivity contribution in [3.63, 3.8) is 0 Å². The third kappa shape index (κ3) is 4.16. The molecule has 0 aromatic carbocycles. The van der Waals surface area contributed by atoms with Crippen molar-refractivity contribution in [1.82, 2.24) is 10.2 Å². The third-order valence-corrected chi connectivity index (χ3v) is 4.00. The van der Waals surface area contributed by atoms with E-state index in [1.54, 1.807) is 0 Å². The summed E-state index contributed by atoms with van der Waals surface area (Å²) in [6.45, 7) is 7.67. The first-order valence-corrected chi connectivity index (χ1v) is 7.45. The lowest BCUT2D eigenvalue weighted by molar-refractivity contribution is -0.137. The Bertz CT molecular complexity index is 292. The van der Waals surface area contributed by atoms with Crippen molar-refractivity contribution < 1.29 is 14.3 Å². The topological polar surface area (TPSA) is 50.8 Å². The number of ether oxygens (including phenoxy) is 2. The second-order valence-corrected chi connectivity index (χ2v) is 5.45. The van der Waals surface area contributed by atoms with Crippen LogP contribution in [0.3, 0.4) is 0 Å². The highest BCUT2D eigenvalue weighted by Crippen LogP contribution is 2.17. The van der Waals surface area contributed by atoms with Crippen LogP contribution in [-0.2, 0) is 14.3 Å². The Hall–Kier alpha value is -0.650. The number of nitrogens with zero attached hydrogens (tertiary/aromatic N) is 1. The molecule has 0 aromatic rings. The number of hydrogen-bond donors (Lipinski definition) is 1. The molecule has 0 radical (unpaired) electrons. The van der Waals surface area contributed by atoms with Gasteiger partial charge in [-0.15, -0.1) is 0 Å². The van der Waals surface area contributed by atoms with Gasteiger partial charge in [0.15, 0.2) is 0 Å². The number of amides is 1. The van der Waals surface area contributed by atoms with Gasteiger partial charge in [-0.1, -0.05) is 6.92 Å². The summed E-state index contributed by atoms with van der Waals surface area (Å²) in [6.07, 6.45) is 3.40. The van der Waals surface area contributed by atoms with Crippen molar-refractivity contribution >= 4 is 5.91 Å². The quantitative estimate of drug-likeness (QED) is 0.820. The van der Waals surface area contributed by atoms with E-state index in [9.17, 15) is 4.79 Å². The first kappa shape index (κ1) is 14.8. The molecule has 2 rings (SSSR count). The van der Waals surface area contributed by atoms with E-state index in [0.29, 0.717) is 25.4 Å². The predicted molar refractivity (Wildman–Crippen MR) is 73.0 cm³/mol.